The van der Waals surface area contributed by atoms with Gasteiger partial charge in [-0.2, -0.15) is 0 Å². The minimum atomic E-state index is -0.983. The van der Waals surface area contributed by atoms with E-state index >= 15 is 0 Å². The minimum absolute atomic E-state index is 0.0692. The standard InChI is InChI=1S/C7H6BrF/c8-7-3-1-6(5-9)2-4-7/h1-4H,5H2/i1D,2D,3D,4D. The Morgan fingerprint density at radius 2 is 2.00 bits per heavy atom. The highest BCUT2D eigenvalue weighted by Gasteiger charge is 1.88. The smallest absolute Gasteiger partial charge is 0.115 e. The molecule has 0 bridgehead atoms. The predicted molar refractivity (Wildman–Crippen MR) is 39.0 cm³/mol. The van der Waals surface area contributed by atoms with Crippen molar-refractivity contribution >= 4 is 15.9 Å². The molecule has 0 radical (unpaired) electrons. The molecule has 0 fully saturated rings. The fourth-order valence-electron chi connectivity index (χ4n) is 0.390. The fraction of sp³-hybridized carbons (Fsp3) is 0.143. The number of rotatable bonds is 1. The SMILES string of the molecule is [2H]c1c([2H])c(CF)c([2H])c([2H])c1Br. The van der Waals surface area contributed by atoms with Crippen LogP contribution in [-0.2, 0) is 6.67 Å². The lowest BCUT2D eigenvalue weighted by molar-refractivity contribution is 0.485. The van der Waals surface area contributed by atoms with Crippen LogP contribution in [0.1, 0.15) is 11.0 Å². The molecule has 0 heterocycles. The molecule has 0 atom stereocenters. The quantitative estimate of drug-likeness (QED) is 0.643. The second kappa shape index (κ2) is 2.97. The highest BCUT2D eigenvalue weighted by Crippen LogP contribution is 2.10. The Morgan fingerprint density at radius 1 is 1.44 bits per heavy atom. The number of hydrogen-bond donors (Lipinski definition) is 0. The Bertz CT molecular complexity index is 324. The molecule has 0 saturated heterocycles. The molecule has 0 saturated carbocycles. The van der Waals surface area contributed by atoms with Gasteiger partial charge >= 0.3 is 0 Å². The fourth-order valence-corrected chi connectivity index (χ4v) is 0.588. The van der Waals surface area contributed by atoms with E-state index in [1.807, 2.05) is 0 Å². The van der Waals surface area contributed by atoms with E-state index in [0.717, 1.165) is 0 Å². The molecule has 0 spiro atoms. The Labute approximate surface area is 67.4 Å². The molecule has 0 aromatic heterocycles. The molecule has 1 aromatic rings. The maximum Gasteiger partial charge on any atom is 0.115 e. The van der Waals surface area contributed by atoms with Crippen molar-refractivity contribution in [2.24, 2.45) is 0 Å². The summed E-state index contributed by atoms with van der Waals surface area (Å²) in [5.41, 5.74) is -0.196. The van der Waals surface area contributed by atoms with Crippen LogP contribution in [-0.4, -0.2) is 0 Å². The normalized spacial score (nSPS) is 15.8. The van der Waals surface area contributed by atoms with Crippen LogP contribution in [0, 0.1) is 0 Å². The van der Waals surface area contributed by atoms with Crippen LogP contribution in [0.15, 0.2) is 28.6 Å². The third kappa shape index (κ3) is 1.79. The van der Waals surface area contributed by atoms with Crippen LogP contribution >= 0.6 is 15.9 Å². The van der Waals surface area contributed by atoms with E-state index in [2.05, 4.69) is 15.9 Å². The second-order valence-corrected chi connectivity index (χ2v) is 2.22. The summed E-state index contributed by atoms with van der Waals surface area (Å²) in [5, 5.41) is 0. The van der Waals surface area contributed by atoms with Crippen molar-refractivity contribution in [2.45, 2.75) is 6.67 Å². The molecule has 0 N–H and O–H groups in total. The highest BCUT2D eigenvalue weighted by molar-refractivity contribution is 9.10. The lowest BCUT2D eigenvalue weighted by Crippen LogP contribution is -1.74. The summed E-state index contributed by atoms with van der Waals surface area (Å²) in [5.74, 6) is 0. The molecule has 0 aliphatic rings. The van der Waals surface area contributed by atoms with Crippen LogP contribution in [0.3, 0.4) is 0 Å². The molecule has 0 unspecified atom stereocenters. The monoisotopic (exact) mass is 192 g/mol. The first-order chi connectivity index (χ1) is 6.00. The average Bonchev–Trinajstić information content (AvgIpc) is 2.13. The summed E-state index contributed by atoms with van der Waals surface area (Å²) in [7, 11) is 0. The molecule has 1 aromatic carbocycles. The Morgan fingerprint density at radius 3 is 2.44 bits per heavy atom. The number of halogens is 2. The molecule has 0 aliphatic heterocycles. The summed E-state index contributed by atoms with van der Waals surface area (Å²) in [6.07, 6.45) is 0. The van der Waals surface area contributed by atoms with Gasteiger partial charge in [0.15, 0.2) is 0 Å². The topological polar surface area (TPSA) is 0 Å². The molecule has 0 aliphatic carbocycles. The Balaban J connectivity index is 3.56. The first-order valence-electron chi connectivity index (χ1n) is 4.31. The first kappa shape index (κ1) is 3.15. The second-order valence-electron chi connectivity index (χ2n) is 1.43. The van der Waals surface area contributed by atoms with Gasteiger partial charge in [-0.25, -0.2) is 4.39 Å². The number of benzene rings is 1. The molecule has 1 rings (SSSR count). The van der Waals surface area contributed by atoms with Crippen LogP contribution < -0.4 is 0 Å². The van der Waals surface area contributed by atoms with Gasteiger partial charge in [-0.05, 0) is 17.6 Å². The van der Waals surface area contributed by atoms with Crippen LogP contribution in [0.5, 0.6) is 0 Å². The molecule has 2 heteroatoms. The van der Waals surface area contributed by atoms with E-state index in [-0.39, 0.29) is 34.2 Å². The van der Waals surface area contributed by atoms with Crippen molar-refractivity contribution in [3.05, 3.63) is 34.2 Å². The number of alkyl halides is 1. The van der Waals surface area contributed by atoms with Gasteiger partial charge in [0.2, 0.25) is 0 Å². The lowest BCUT2D eigenvalue weighted by atomic mass is 10.2. The minimum Gasteiger partial charge on any atom is -0.246 e. The molecular weight excluding hydrogens is 183 g/mol. The first-order valence-corrected chi connectivity index (χ1v) is 3.10. The average molecular weight is 193 g/mol. The molecule has 9 heavy (non-hydrogen) atoms. The zero-order valence-electron chi connectivity index (χ0n) is 8.46. The van der Waals surface area contributed by atoms with Gasteiger partial charge in [-0.3, -0.25) is 0 Å². The third-order valence-corrected chi connectivity index (χ3v) is 1.18. The third-order valence-electron chi connectivity index (χ3n) is 0.780. The van der Waals surface area contributed by atoms with Crippen molar-refractivity contribution in [2.75, 3.05) is 0 Å². The van der Waals surface area contributed by atoms with Crippen molar-refractivity contribution < 1.29 is 9.87 Å². The largest absolute Gasteiger partial charge is 0.246 e. The van der Waals surface area contributed by atoms with Gasteiger partial charge in [-0.15, -0.1) is 0 Å². The van der Waals surface area contributed by atoms with E-state index in [1.165, 1.54) is 0 Å². The molecular formula is C7H6BrF. The van der Waals surface area contributed by atoms with Crippen LogP contribution in [0.4, 0.5) is 4.39 Å². The highest BCUT2D eigenvalue weighted by atomic mass is 79.9. The van der Waals surface area contributed by atoms with Crippen molar-refractivity contribution in [1.29, 1.82) is 0 Å². The maximum atomic E-state index is 12.3. The van der Waals surface area contributed by atoms with E-state index in [1.54, 1.807) is 0 Å². The van der Waals surface area contributed by atoms with Gasteiger partial charge < -0.3 is 0 Å². The van der Waals surface area contributed by atoms with Gasteiger partial charge in [0, 0.05) is 4.47 Å². The van der Waals surface area contributed by atoms with Crippen LogP contribution in [0.25, 0.3) is 0 Å². The summed E-state index contributed by atoms with van der Waals surface area (Å²) in [6.45, 7) is -0.983. The summed E-state index contributed by atoms with van der Waals surface area (Å²) in [4.78, 5) is 0. The van der Waals surface area contributed by atoms with E-state index in [4.69, 9.17) is 5.48 Å². The Hall–Kier alpha value is -0.370. The van der Waals surface area contributed by atoms with E-state index in [0.29, 0.717) is 0 Å². The lowest BCUT2D eigenvalue weighted by Gasteiger charge is -1.91. The molecule has 48 valence electrons. The zero-order chi connectivity index (χ0) is 10.2. The summed E-state index contributed by atoms with van der Waals surface area (Å²) >= 11 is 2.91. The van der Waals surface area contributed by atoms with Crippen molar-refractivity contribution in [1.82, 2.24) is 0 Å². The van der Waals surface area contributed by atoms with E-state index < -0.39 is 6.67 Å². The van der Waals surface area contributed by atoms with Gasteiger partial charge in [0.05, 0.1) is 5.48 Å². The van der Waals surface area contributed by atoms with Crippen LogP contribution in [0.2, 0.25) is 0 Å². The van der Waals surface area contributed by atoms with Crippen molar-refractivity contribution in [3.8, 4) is 0 Å². The van der Waals surface area contributed by atoms with Gasteiger partial charge in [0.1, 0.15) is 6.67 Å². The van der Waals surface area contributed by atoms with Gasteiger partial charge in [-0.1, -0.05) is 28.0 Å². The zero-order valence-corrected chi connectivity index (χ0v) is 6.05. The van der Waals surface area contributed by atoms with Gasteiger partial charge in [0.25, 0.3) is 0 Å². The summed E-state index contributed by atoms with van der Waals surface area (Å²) < 4.78 is 41.7. The molecule has 0 amide bonds. The summed E-state index contributed by atoms with van der Waals surface area (Å²) in [6, 6.07) is -1.13. The van der Waals surface area contributed by atoms with E-state index in [9.17, 15) is 4.39 Å². The number of hydrogen-bond acceptors (Lipinski definition) is 0. The maximum absolute atomic E-state index is 12.3. The molecule has 0 nitrogen and oxygen atoms in total. The predicted octanol–water partition coefficient (Wildman–Crippen LogP) is 2.92. The Kier molecular flexibility index (Phi) is 1.04. The van der Waals surface area contributed by atoms with Crippen molar-refractivity contribution in [3.63, 3.8) is 0 Å².